The van der Waals surface area contributed by atoms with Crippen molar-refractivity contribution in [2.75, 3.05) is 45.2 Å². The van der Waals surface area contributed by atoms with Gasteiger partial charge in [-0.1, -0.05) is 17.7 Å². The Labute approximate surface area is 160 Å². The predicted molar refractivity (Wildman–Crippen MR) is 104 cm³/mol. The van der Waals surface area contributed by atoms with Gasteiger partial charge in [-0.3, -0.25) is 14.4 Å². The Balaban J connectivity index is 2.19. The van der Waals surface area contributed by atoms with Crippen molar-refractivity contribution in [1.29, 1.82) is 0 Å². The molecule has 7 heteroatoms. The average molecular weight is 375 g/mol. The molecule has 0 aromatic heterocycles. The van der Waals surface area contributed by atoms with E-state index in [1.165, 1.54) is 4.90 Å². The lowest BCUT2D eigenvalue weighted by Crippen LogP contribution is -2.43. The van der Waals surface area contributed by atoms with E-state index in [-0.39, 0.29) is 24.8 Å². The fourth-order valence-corrected chi connectivity index (χ4v) is 3.70. The molecule has 0 aliphatic carbocycles. The van der Waals surface area contributed by atoms with Gasteiger partial charge in [0.15, 0.2) is 0 Å². The van der Waals surface area contributed by atoms with Crippen LogP contribution in [0.25, 0.3) is 0 Å². The summed E-state index contributed by atoms with van der Waals surface area (Å²) in [6, 6.07) is 4.05. The standard InChI is InChI=1S/C20H29N3O4/c1-13-8-14(2)19(15(3)9-13)23-11-16(10-17(23)24)20(27)22(12-18(25)26)7-6-21(4)5/h8-9,16H,6-7,10-12H2,1-5H3,(H,25,26). The molecule has 1 N–H and O–H groups in total. The molecular weight excluding hydrogens is 346 g/mol. The lowest BCUT2D eigenvalue weighted by molar-refractivity contribution is -0.146. The van der Waals surface area contributed by atoms with Crippen LogP contribution in [0, 0.1) is 26.7 Å². The molecule has 1 aliphatic heterocycles. The Bertz CT molecular complexity index is 722. The molecule has 1 aromatic rings. The minimum atomic E-state index is -1.05. The third-order valence-electron chi connectivity index (χ3n) is 4.83. The molecule has 2 rings (SSSR count). The van der Waals surface area contributed by atoms with E-state index in [0.717, 1.165) is 22.4 Å². The highest BCUT2D eigenvalue weighted by Gasteiger charge is 2.38. The molecule has 0 saturated carbocycles. The summed E-state index contributed by atoms with van der Waals surface area (Å²) < 4.78 is 0. The molecule has 1 aliphatic rings. The molecule has 7 nitrogen and oxygen atoms in total. The Kier molecular flexibility index (Phi) is 6.59. The number of carbonyl (C=O) groups is 3. The van der Waals surface area contributed by atoms with E-state index in [1.807, 2.05) is 51.9 Å². The number of rotatable bonds is 7. The quantitative estimate of drug-likeness (QED) is 0.780. The molecule has 1 unspecified atom stereocenters. The smallest absolute Gasteiger partial charge is 0.323 e. The summed E-state index contributed by atoms with van der Waals surface area (Å²) in [5.74, 6) is -1.92. The number of aryl methyl sites for hydroxylation is 3. The van der Waals surface area contributed by atoms with E-state index in [9.17, 15) is 14.4 Å². The number of likely N-dealkylation sites (N-methyl/N-ethyl adjacent to an activating group) is 1. The molecule has 1 fully saturated rings. The molecule has 1 aromatic carbocycles. The number of carbonyl (C=O) groups excluding carboxylic acids is 2. The SMILES string of the molecule is Cc1cc(C)c(N2CC(C(=O)N(CCN(C)C)CC(=O)O)CC2=O)c(C)c1. The number of hydrogen-bond donors (Lipinski definition) is 1. The maximum Gasteiger partial charge on any atom is 0.323 e. The van der Waals surface area contributed by atoms with Crippen LogP contribution in [0.4, 0.5) is 5.69 Å². The number of benzene rings is 1. The van der Waals surface area contributed by atoms with Crippen LogP contribution in [0.5, 0.6) is 0 Å². The van der Waals surface area contributed by atoms with Gasteiger partial charge >= 0.3 is 5.97 Å². The first-order valence-corrected chi connectivity index (χ1v) is 9.13. The van der Waals surface area contributed by atoms with Crippen molar-refractivity contribution in [3.05, 3.63) is 28.8 Å². The van der Waals surface area contributed by atoms with Gasteiger partial charge in [-0.25, -0.2) is 0 Å². The van der Waals surface area contributed by atoms with Crippen molar-refractivity contribution in [3.8, 4) is 0 Å². The van der Waals surface area contributed by atoms with Gasteiger partial charge < -0.3 is 19.8 Å². The number of carboxylic acid groups (broad SMARTS) is 1. The van der Waals surface area contributed by atoms with Crippen LogP contribution in [0.15, 0.2) is 12.1 Å². The fourth-order valence-electron chi connectivity index (χ4n) is 3.70. The molecule has 1 saturated heterocycles. The highest BCUT2D eigenvalue weighted by Crippen LogP contribution is 2.32. The third kappa shape index (κ3) is 5.07. The van der Waals surface area contributed by atoms with Crippen LogP contribution in [0.3, 0.4) is 0 Å². The topological polar surface area (TPSA) is 81.2 Å². The second kappa shape index (κ2) is 8.52. The van der Waals surface area contributed by atoms with Gasteiger partial charge in [-0.15, -0.1) is 0 Å². The maximum absolute atomic E-state index is 12.9. The second-order valence-electron chi connectivity index (χ2n) is 7.61. The second-order valence-corrected chi connectivity index (χ2v) is 7.61. The van der Waals surface area contributed by atoms with Crippen LogP contribution < -0.4 is 4.90 Å². The lowest BCUT2D eigenvalue weighted by Gasteiger charge is -2.26. The highest BCUT2D eigenvalue weighted by molar-refractivity contribution is 6.01. The van der Waals surface area contributed by atoms with Crippen LogP contribution in [-0.4, -0.2) is 73.0 Å². The number of hydrogen-bond acceptors (Lipinski definition) is 4. The van der Waals surface area contributed by atoms with E-state index in [2.05, 4.69) is 0 Å². The van der Waals surface area contributed by atoms with Gasteiger partial charge in [0.25, 0.3) is 0 Å². The predicted octanol–water partition coefficient (Wildman–Crippen LogP) is 1.44. The van der Waals surface area contributed by atoms with Crippen molar-refractivity contribution in [3.63, 3.8) is 0 Å². The Morgan fingerprint density at radius 2 is 1.74 bits per heavy atom. The van der Waals surface area contributed by atoms with Crippen molar-refractivity contribution in [2.45, 2.75) is 27.2 Å². The van der Waals surface area contributed by atoms with Crippen LogP contribution in [0.1, 0.15) is 23.1 Å². The van der Waals surface area contributed by atoms with E-state index >= 15 is 0 Å². The number of anilines is 1. The first kappa shape index (κ1) is 20.9. The van der Waals surface area contributed by atoms with Gasteiger partial charge in [0, 0.05) is 31.7 Å². The van der Waals surface area contributed by atoms with Gasteiger partial charge in [-0.2, -0.15) is 0 Å². The summed E-state index contributed by atoms with van der Waals surface area (Å²) in [5, 5.41) is 9.14. The zero-order valence-electron chi connectivity index (χ0n) is 16.8. The number of amides is 2. The largest absolute Gasteiger partial charge is 0.480 e. The van der Waals surface area contributed by atoms with E-state index in [4.69, 9.17) is 5.11 Å². The number of aliphatic carboxylic acids is 1. The Hall–Kier alpha value is -2.41. The molecule has 0 bridgehead atoms. The summed E-state index contributed by atoms with van der Waals surface area (Å²) in [6.45, 7) is 6.78. The normalized spacial score (nSPS) is 16.9. The Morgan fingerprint density at radius 1 is 1.15 bits per heavy atom. The lowest BCUT2D eigenvalue weighted by atomic mass is 10.0. The summed E-state index contributed by atoms with van der Waals surface area (Å²) in [7, 11) is 3.74. The van der Waals surface area contributed by atoms with E-state index in [1.54, 1.807) is 4.90 Å². The van der Waals surface area contributed by atoms with Crippen molar-refractivity contribution >= 4 is 23.5 Å². The van der Waals surface area contributed by atoms with Crippen molar-refractivity contribution < 1.29 is 19.5 Å². The van der Waals surface area contributed by atoms with Crippen LogP contribution >= 0.6 is 0 Å². The first-order valence-electron chi connectivity index (χ1n) is 9.13. The zero-order valence-corrected chi connectivity index (χ0v) is 16.8. The molecule has 1 atom stereocenters. The molecule has 27 heavy (non-hydrogen) atoms. The van der Waals surface area contributed by atoms with Gasteiger partial charge in [0.1, 0.15) is 6.54 Å². The zero-order chi connectivity index (χ0) is 20.3. The van der Waals surface area contributed by atoms with E-state index in [0.29, 0.717) is 19.6 Å². The highest BCUT2D eigenvalue weighted by atomic mass is 16.4. The van der Waals surface area contributed by atoms with Crippen molar-refractivity contribution in [2.24, 2.45) is 5.92 Å². The summed E-state index contributed by atoms with van der Waals surface area (Å²) >= 11 is 0. The monoisotopic (exact) mass is 375 g/mol. The average Bonchev–Trinajstić information content (AvgIpc) is 2.91. The minimum absolute atomic E-state index is 0.0914. The molecule has 0 spiro atoms. The fraction of sp³-hybridized carbons (Fsp3) is 0.550. The third-order valence-corrected chi connectivity index (χ3v) is 4.83. The molecule has 1 heterocycles. The van der Waals surface area contributed by atoms with Crippen molar-refractivity contribution in [1.82, 2.24) is 9.80 Å². The molecule has 148 valence electrons. The minimum Gasteiger partial charge on any atom is -0.480 e. The van der Waals surface area contributed by atoms with Gasteiger partial charge in [0.2, 0.25) is 11.8 Å². The van der Waals surface area contributed by atoms with Gasteiger partial charge in [0.05, 0.1) is 5.92 Å². The maximum atomic E-state index is 12.9. The van der Waals surface area contributed by atoms with Gasteiger partial charge in [-0.05, 0) is 46.0 Å². The molecule has 2 amide bonds. The summed E-state index contributed by atoms with van der Waals surface area (Å²) in [5.41, 5.74) is 4.00. The first-order chi connectivity index (χ1) is 12.6. The number of nitrogens with zero attached hydrogens (tertiary/aromatic N) is 3. The van der Waals surface area contributed by atoms with Crippen LogP contribution in [0.2, 0.25) is 0 Å². The van der Waals surface area contributed by atoms with Crippen LogP contribution in [-0.2, 0) is 14.4 Å². The summed E-state index contributed by atoms with van der Waals surface area (Å²) in [4.78, 5) is 41.6. The number of carboxylic acids is 1. The molecular formula is C20H29N3O4. The molecule has 0 radical (unpaired) electrons. The summed E-state index contributed by atoms with van der Waals surface area (Å²) in [6.07, 6.45) is 0.115. The Morgan fingerprint density at radius 3 is 2.26 bits per heavy atom. The van der Waals surface area contributed by atoms with E-state index < -0.39 is 11.9 Å².